The Bertz CT molecular complexity index is 538. The largest absolute Gasteiger partial charge is 0.338 e. The number of rotatable bonds is 1. The van der Waals surface area contributed by atoms with Crippen LogP contribution in [0.25, 0.3) is 0 Å². The predicted octanol–water partition coefficient (Wildman–Crippen LogP) is 3.19. The first-order valence-electron chi connectivity index (χ1n) is 7.55. The van der Waals surface area contributed by atoms with E-state index in [4.69, 9.17) is 0 Å². The number of nitrogens with zero attached hydrogens (tertiary/aromatic N) is 1. The van der Waals surface area contributed by atoms with Crippen molar-refractivity contribution in [2.75, 3.05) is 26.2 Å². The van der Waals surface area contributed by atoms with E-state index in [-0.39, 0.29) is 17.1 Å². The van der Waals surface area contributed by atoms with Crippen LogP contribution in [-0.4, -0.2) is 37.0 Å². The van der Waals surface area contributed by atoms with Crippen LogP contribution in [0.3, 0.4) is 0 Å². The van der Waals surface area contributed by atoms with E-state index in [9.17, 15) is 9.18 Å². The summed E-state index contributed by atoms with van der Waals surface area (Å²) in [5, 5.41) is 3.46. The Morgan fingerprint density at radius 1 is 1.33 bits per heavy atom. The molecule has 1 spiro atoms. The molecule has 3 nitrogen and oxygen atoms in total. The molecule has 2 heterocycles. The van der Waals surface area contributed by atoms with Gasteiger partial charge in [-0.3, -0.25) is 4.79 Å². The summed E-state index contributed by atoms with van der Waals surface area (Å²) in [4.78, 5) is 14.5. The Hall–Kier alpha value is -0.940. The van der Waals surface area contributed by atoms with Crippen molar-refractivity contribution in [2.24, 2.45) is 5.41 Å². The van der Waals surface area contributed by atoms with E-state index in [0.29, 0.717) is 10.0 Å². The molecule has 2 fully saturated rings. The number of nitrogens with one attached hydrogen (secondary N) is 1. The van der Waals surface area contributed by atoms with Crippen LogP contribution in [0.1, 0.15) is 36.0 Å². The van der Waals surface area contributed by atoms with Crippen LogP contribution >= 0.6 is 15.9 Å². The number of carbonyl (C=O) groups excluding carboxylic acids is 1. The maximum Gasteiger partial charge on any atom is 0.253 e. The Morgan fingerprint density at radius 2 is 2.14 bits per heavy atom. The number of hydrogen-bond acceptors (Lipinski definition) is 2. The number of hydrogen-bond donors (Lipinski definition) is 1. The van der Waals surface area contributed by atoms with Crippen LogP contribution in [-0.2, 0) is 0 Å². The molecule has 0 saturated carbocycles. The van der Waals surface area contributed by atoms with Gasteiger partial charge in [0.15, 0.2) is 0 Å². The summed E-state index contributed by atoms with van der Waals surface area (Å²) in [5.74, 6) is -0.432. The predicted molar refractivity (Wildman–Crippen MR) is 83.8 cm³/mol. The van der Waals surface area contributed by atoms with Gasteiger partial charge in [-0.2, -0.15) is 0 Å². The first kappa shape index (κ1) is 15.0. The van der Waals surface area contributed by atoms with Gasteiger partial charge in [-0.25, -0.2) is 4.39 Å². The van der Waals surface area contributed by atoms with E-state index >= 15 is 0 Å². The zero-order valence-corrected chi connectivity index (χ0v) is 13.6. The van der Waals surface area contributed by atoms with Crippen molar-refractivity contribution in [1.82, 2.24) is 10.2 Å². The smallest absolute Gasteiger partial charge is 0.253 e. The maximum absolute atomic E-state index is 13.6. The van der Waals surface area contributed by atoms with Gasteiger partial charge >= 0.3 is 0 Å². The van der Waals surface area contributed by atoms with Gasteiger partial charge < -0.3 is 10.2 Å². The number of halogens is 2. The lowest BCUT2D eigenvalue weighted by Gasteiger charge is -2.45. The fourth-order valence-electron chi connectivity index (χ4n) is 3.57. The SMILES string of the molecule is O=C(c1ccc(Br)c(F)c1)N1CCCC2(CCCNC2)C1. The van der Waals surface area contributed by atoms with Crippen LogP contribution in [0.4, 0.5) is 4.39 Å². The normalized spacial score (nSPS) is 26.1. The second-order valence-corrected chi connectivity index (χ2v) is 7.09. The fraction of sp³-hybridized carbons (Fsp3) is 0.562. The highest BCUT2D eigenvalue weighted by Gasteiger charge is 2.38. The third-order valence-corrected chi connectivity index (χ3v) is 5.32. The van der Waals surface area contributed by atoms with Crippen molar-refractivity contribution in [1.29, 1.82) is 0 Å². The van der Waals surface area contributed by atoms with Crippen molar-refractivity contribution >= 4 is 21.8 Å². The van der Waals surface area contributed by atoms with Crippen LogP contribution in [0.15, 0.2) is 22.7 Å². The quantitative estimate of drug-likeness (QED) is 0.839. The van der Waals surface area contributed by atoms with E-state index in [1.165, 1.54) is 25.3 Å². The van der Waals surface area contributed by atoms with Crippen LogP contribution in [0, 0.1) is 11.2 Å². The minimum atomic E-state index is -0.382. The van der Waals surface area contributed by atoms with E-state index in [0.717, 1.165) is 32.6 Å². The van der Waals surface area contributed by atoms with Gasteiger partial charge in [0.25, 0.3) is 5.91 Å². The lowest BCUT2D eigenvalue weighted by atomic mass is 9.74. The molecular weight excluding hydrogens is 335 g/mol. The molecule has 1 aromatic rings. The van der Waals surface area contributed by atoms with E-state index in [2.05, 4.69) is 21.2 Å². The number of benzene rings is 1. The molecule has 1 amide bonds. The summed E-state index contributed by atoms with van der Waals surface area (Å²) in [7, 11) is 0. The number of amides is 1. The molecule has 2 saturated heterocycles. The standard InChI is InChI=1S/C16H20BrFN2O/c17-13-4-3-12(9-14(13)18)15(21)20-8-2-6-16(11-20)5-1-7-19-10-16/h3-4,9,19H,1-2,5-8,10-11H2. The summed E-state index contributed by atoms with van der Waals surface area (Å²) in [6.07, 6.45) is 4.57. The summed E-state index contributed by atoms with van der Waals surface area (Å²) >= 11 is 3.12. The number of likely N-dealkylation sites (tertiary alicyclic amines) is 1. The van der Waals surface area contributed by atoms with Crippen molar-refractivity contribution in [3.05, 3.63) is 34.1 Å². The average Bonchev–Trinajstić information content (AvgIpc) is 2.50. The molecule has 0 bridgehead atoms. The summed E-state index contributed by atoms with van der Waals surface area (Å²) in [5.41, 5.74) is 0.664. The molecule has 114 valence electrons. The molecule has 3 rings (SSSR count). The molecule has 1 unspecified atom stereocenters. The Kier molecular flexibility index (Phi) is 4.31. The number of carbonyl (C=O) groups is 1. The van der Waals surface area contributed by atoms with E-state index < -0.39 is 0 Å². The third kappa shape index (κ3) is 3.14. The Morgan fingerprint density at radius 3 is 2.86 bits per heavy atom. The van der Waals surface area contributed by atoms with Crippen LogP contribution in [0.2, 0.25) is 0 Å². The molecule has 2 aliphatic rings. The topological polar surface area (TPSA) is 32.3 Å². The van der Waals surface area contributed by atoms with Gasteiger partial charge in [0.05, 0.1) is 4.47 Å². The molecule has 2 aliphatic heterocycles. The lowest BCUT2D eigenvalue weighted by Crippen LogP contribution is -2.52. The minimum absolute atomic E-state index is 0.0500. The van der Waals surface area contributed by atoms with Crippen LogP contribution in [0.5, 0.6) is 0 Å². The molecule has 0 aromatic heterocycles. The number of piperidine rings is 2. The summed E-state index contributed by atoms with van der Waals surface area (Å²) in [6.45, 7) is 3.63. The highest BCUT2D eigenvalue weighted by atomic mass is 79.9. The average molecular weight is 355 g/mol. The van der Waals surface area contributed by atoms with Crippen molar-refractivity contribution < 1.29 is 9.18 Å². The van der Waals surface area contributed by atoms with Gasteiger partial charge in [0.2, 0.25) is 0 Å². The first-order valence-corrected chi connectivity index (χ1v) is 8.34. The van der Waals surface area contributed by atoms with Crippen LogP contribution < -0.4 is 5.32 Å². The summed E-state index contributed by atoms with van der Waals surface area (Å²) in [6, 6.07) is 4.62. The second kappa shape index (κ2) is 6.05. The minimum Gasteiger partial charge on any atom is -0.338 e. The van der Waals surface area contributed by atoms with Gasteiger partial charge in [0, 0.05) is 30.6 Å². The van der Waals surface area contributed by atoms with Crippen molar-refractivity contribution in [2.45, 2.75) is 25.7 Å². The van der Waals surface area contributed by atoms with Gasteiger partial charge in [-0.1, -0.05) is 0 Å². The molecule has 21 heavy (non-hydrogen) atoms. The fourth-order valence-corrected chi connectivity index (χ4v) is 3.82. The molecule has 1 aromatic carbocycles. The lowest BCUT2D eigenvalue weighted by molar-refractivity contribution is 0.0433. The summed E-state index contributed by atoms with van der Waals surface area (Å²) < 4.78 is 14.0. The highest BCUT2D eigenvalue weighted by molar-refractivity contribution is 9.10. The Labute approximate surface area is 133 Å². The molecule has 0 radical (unpaired) electrons. The maximum atomic E-state index is 13.6. The van der Waals surface area contributed by atoms with Crippen molar-refractivity contribution in [3.63, 3.8) is 0 Å². The monoisotopic (exact) mass is 354 g/mol. The van der Waals surface area contributed by atoms with E-state index in [1.807, 2.05) is 4.90 Å². The highest BCUT2D eigenvalue weighted by Crippen LogP contribution is 2.36. The molecule has 0 aliphatic carbocycles. The Balaban J connectivity index is 1.76. The van der Waals surface area contributed by atoms with E-state index in [1.54, 1.807) is 12.1 Å². The second-order valence-electron chi connectivity index (χ2n) is 6.24. The third-order valence-electron chi connectivity index (χ3n) is 4.68. The first-order chi connectivity index (χ1) is 10.1. The molecule has 1 atom stereocenters. The van der Waals surface area contributed by atoms with Gasteiger partial charge in [0.1, 0.15) is 5.82 Å². The molecule has 5 heteroatoms. The van der Waals surface area contributed by atoms with Gasteiger partial charge in [-0.15, -0.1) is 0 Å². The molecular formula is C16H20BrFN2O. The zero-order valence-electron chi connectivity index (χ0n) is 12.0. The van der Waals surface area contributed by atoms with Crippen molar-refractivity contribution in [3.8, 4) is 0 Å². The molecule has 1 N–H and O–H groups in total. The van der Waals surface area contributed by atoms with Gasteiger partial charge in [-0.05, 0) is 66.4 Å². The zero-order chi connectivity index (χ0) is 14.9.